The molecule has 0 bridgehead atoms. The Kier molecular flexibility index (Phi) is 3.82. The lowest BCUT2D eigenvalue weighted by molar-refractivity contribution is -0.123. The monoisotopic (exact) mass is 309 g/mol. The summed E-state index contributed by atoms with van der Waals surface area (Å²) in [4.78, 5) is 16.2. The van der Waals surface area contributed by atoms with E-state index < -0.39 is 6.10 Å². The summed E-state index contributed by atoms with van der Waals surface area (Å²) in [6.07, 6.45) is -1.11. The number of rotatable bonds is 2. The fourth-order valence-corrected chi connectivity index (χ4v) is 3.47. The molecule has 2 heterocycles. The van der Waals surface area contributed by atoms with E-state index in [1.54, 1.807) is 6.07 Å². The van der Waals surface area contributed by atoms with Gasteiger partial charge in [-0.05, 0) is 25.6 Å². The maximum Gasteiger partial charge on any atom is 0.257 e. The average molecular weight is 310 g/mol. The van der Waals surface area contributed by atoms with Crippen LogP contribution in [0.25, 0.3) is 0 Å². The van der Waals surface area contributed by atoms with Gasteiger partial charge in [0.15, 0.2) is 6.10 Å². The van der Waals surface area contributed by atoms with Crippen LogP contribution in [0.1, 0.15) is 25.5 Å². The Morgan fingerprint density at radius 2 is 2.19 bits per heavy atom. The minimum absolute atomic E-state index is 0.387. The number of hydrogen-bond donors (Lipinski definition) is 2. The van der Waals surface area contributed by atoms with Crippen LogP contribution in [-0.2, 0) is 4.79 Å². The lowest BCUT2D eigenvalue weighted by Gasteiger charge is -2.40. The lowest BCUT2D eigenvalue weighted by atomic mass is 10.1. The van der Waals surface area contributed by atoms with Crippen molar-refractivity contribution in [2.45, 2.75) is 26.0 Å². The summed E-state index contributed by atoms with van der Waals surface area (Å²) in [5, 5.41) is 13.1. The zero-order valence-corrected chi connectivity index (χ0v) is 13.0. The fraction of sp³-hybridized carbons (Fsp3) is 0.533. The molecule has 3 rings (SSSR count). The van der Waals surface area contributed by atoms with Crippen molar-refractivity contribution in [2.24, 2.45) is 0 Å². The first-order valence-corrected chi connectivity index (χ1v) is 7.70. The number of carbonyl (C=O) groups is 1. The molecule has 2 atom stereocenters. The van der Waals surface area contributed by atoms with Crippen molar-refractivity contribution in [3.63, 3.8) is 0 Å². The minimum atomic E-state index is -1.11. The van der Waals surface area contributed by atoms with Gasteiger partial charge in [0.25, 0.3) is 5.91 Å². The molecule has 114 valence electrons. The molecule has 2 aliphatic heterocycles. The topological polar surface area (TPSA) is 55.8 Å². The summed E-state index contributed by atoms with van der Waals surface area (Å²) in [5.41, 5.74) is 2.15. The maximum absolute atomic E-state index is 11.5. The van der Waals surface area contributed by atoms with Gasteiger partial charge in [0.1, 0.15) is 0 Å². The van der Waals surface area contributed by atoms with E-state index in [0.29, 0.717) is 22.3 Å². The number of amides is 1. The third kappa shape index (κ3) is 2.50. The third-order valence-electron chi connectivity index (χ3n) is 4.43. The van der Waals surface area contributed by atoms with Crippen molar-refractivity contribution < 1.29 is 9.90 Å². The number of nitrogens with one attached hydrogen (secondary N) is 1. The highest BCUT2D eigenvalue weighted by Crippen LogP contribution is 2.39. The molecule has 0 aromatic heterocycles. The predicted molar refractivity (Wildman–Crippen MR) is 84.0 cm³/mol. The molecular formula is C15H20ClN3O2. The molecule has 6 heteroatoms. The fourth-order valence-electron chi connectivity index (χ4n) is 3.18. The Hall–Kier alpha value is -1.30. The number of halogens is 1. The Balaban J connectivity index is 1.88. The molecule has 2 unspecified atom stereocenters. The first-order chi connectivity index (χ1) is 10.0. The molecular weight excluding hydrogens is 290 g/mol. The van der Waals surface area contributed by atoms with Gasteiger partial charge < -0.3 is 15.3 Å². The van der Waals surface area contributed by atoms with Gasteiger partial charge >= 0.3 is 0 Å². The quantitative estimate of drug-likeness (QED) is 0.875. The largest absolute Gasteiger partial charge is 0.378 e. The van der Waals surface area contributed by atoms with Gasteiger partial charge in [-0.25, -0.2) is 0 Å². The van der Waals surface area contributed by atoms with E-state index in [-0.39, 0.29) is 5.91 Å². The molecule has 0 radical (unpaired) electrons. The number of fused-ring (bicyclic) bond motifs is 1. The summed E-state index contributed by atoms with van der Waals surface area (Å²) in [5.74, 6) is -0.387. The molecule has 1 aromatic carbocycles. The highest BCUT2D eigenvalue weighted by Gasteiger charge is 2.31. The van der Waals surface area contributed by atoms with Gasteiger partial charge in [0.2, 0.25) is 0 Å². The van der Waals surface area contributed by atoms with Gasteiger partial charge in [-0.2, -0.15) is 0 Å². The maximum atomic E-state index is 11.5. The molecule has 0 aliphatic carbocycles. The van der Waals surface area contributed by atoms with Crippen LogP contribution in [0.15, 0.2) is 12.1 Å². The van der Waals surface area contributed by atoms with Crippen LogP contribution in [0.5, 0.6) is 0 Å². The van der Waals surface area contributed by atoms with Crippen molar-refractivity contribution >= 4 is 28.9 Å². The van der Waals surface area contributed by atoms with Crippen molar-refractivity contribution in [3.05, 3.63) is 22.7 Å². The number of piperazine rings is 1. The van der Waals surface area contributed by atoms with Crippen LogP contribution >= 0.6 is 11.6 Å². The molecule has 0 saturated carbocycles. The summed E-state index contributed by atoms with van der Waals surface area (Å²) in [6.45, 7) is 8.25. The second-order valence-electron chi connectivity index (χ2n) is 5.71. The van der Waals surface area contributed by atoms with E-state index in [9.17, 15) is 9.90 Å². The normalized spacial score (nSPS) is 25.9. The van der Waals surface area contributed by atoms with Crippen LogP contribution in [0.4, 0.5) is 11.4 Å². The highest BCUT2D eigenvalue weighted by molar-refractivity contribution is 6.33. The molecule has 2 aliphatic rings. The summed E-state index contributed by atoms with van der Waals surface area (Å²) in [6, 6.07) is 4.04. The minimum Gasteiger partial charge on any atom is -0.378 e. The Morgan fingerprint density at radius 3 is 2.86 bits per heavy atom. The number of benzene rings is 1. The molecule has 1 saturated heterocycles. The molecule has 1 amide bonds. The van der Waals surface area contributed by atoms with E-state index in [1.807, 2.05) is 6.07 Å². The number of anilines is 2. The highest BCUT2D eigenvalue weighted by atomic mass is 35.5. The third-order valence-corrected chi connectivity index (χ3v) is 4.73. The average Bonchev–Trinajstić information content (AvgIpc) is 2.73. The number of likely N-dealkylation sites (N-methyl/N-ethyl adjacent to an activating group) is 1. The van der Waals surface area contributed by atoms with Crippen LogP contribution in [0.3, 0.4) is 0 Å². The van der Waals surface area contributed by atoms with Crippen LogP contribution < -0.4 is 10.2 Å². The lowest BCUT2D eigenvalue weighted by Crippen LogP contribution is -2.51. The van der Waals surface area contributed by atoms with Crippen LogP contribution in [0.2, 0.25) is 5.02 Å². The Morgan fingerprint density at radius 1 is 1.43 bits per heavy atom. The number of aliphatic hydroxyl groups is 1. The second-order valence-corrected chi connectivity index (χ2v) is 6.11. The Labute approximate surface area is 129 Å². The van der Waals surface area contributed by atoms with E-state index >= 15 is 0 Å². The number of carbonyl (C=O) groups excluding carboxylic acids is 1. The van der Waals surface area contributed by atoms with Gasteiger partial charge in [0, 0.05) is 36.9 Å². The molecule has 21 heavy (non-hydrogen) atoms. The predicted octanol–water partition coefficient (Wildman–Crippen LogP) is 1.86. The van der Waals surface area contributed by atoms with Gasteiger partial charge in [-0.1, -0.05) is 18.5 Å². The van der Waals surface area contributed by atoms with Crippen LogP contribution in [0, 0.1) is 0 Å². The standard InChI is InChI=1S/C15H20ClN3O2/c1-3-18-4-5-19(8-9(18)2)13-7-12-10(6-11(13)16)14(20)15(21)17-12/h6-7,9,14,20H,3-5,8H2,1-2H3,(H,17,21). The van der Waals surface area contributed by atoms with E-state index in [4.69, 9.17) is 11.6 Å². The van der Waals surface area contributed by atoms with Crippen LogP contribution in [-0.4, -0.2) is 48.1 Å². The van der Waals surface area contributed by atoms with Crippen molar-refractivity contribution in [1.29, 1.82) is 0 Å². The molecule has 2 N–H and O–H groups in total. The summed E-state index contributed by atoms with van der Waals surface area (Å²) < 4.78 is 0. The number of aliphatic hydroxyl groups excluding tert-OH is 1. The first kappa shape index (κ1) is 14.6. The second kappa shape index (κ2) is 5.48. The number of hydrogen-bond acceptors (Lipinski definition) is 4. The van der Waals surface area contributed by atoms with Crippen molar-refractivity contribution in [3.8, 4) is 0 Å². The Bertz CT molecular complexity index is 578. The molecule has 5 nitrogen and oxygen atoms in total. The molecule has 0 spiro atoms. The number of nitrogens with zero attached hydrogens (tertiary/aromatic N) is 2. The molecule has 1 fully saturated rings. The summed E-state index contributed by atoms with van der Waals surface area (Å²) in [7, 11) is 0. The zero-order valence-electron chi connectivity index (χ0n) is 12.3. The first-order valence-electron chi connectivity index (χ1n) is 7.32. The SMILES string of the molecule is CCN1CCN(c2cc3c(cc2Cl)C(O)C(=O)N3)CC1C. The van der Waals surface area contributed by atoms with E-state index in [1.165, 1.54) is 0 Å². The molecule has 1 aromatic rings. The van der Waals surface area contributed by atoms with Crippen molar-refractivity contribution in [1.82, 2.24) is 4.90 Å². The van der Waals surface area contributed by atoms with E-state index in [0.717, 1.165) is 31.9 Å². The van der Waals surface area contributed by atoms with Gasteiger partial charge in [-0.15, -0.1) is 0 Å². The van der Waals surface area contributed by atoms with Gasteiger partial charge in [-0.3, -0.25) is 9.69 Å². The van der Waals surface area contributed by atoms with E-state index in [2.05, 4.69) is 29.0 Å². The zero-order chi connectivity index (χ0) is 15.1. The van der Waals surface area contributed by atoms with Gasteiger partial charge in [0.05, 0.1) is 10.7 Å². The summed E-state index contributed by atoms with van der Waals surface area (Å²) >= 11 is 6.37. The smallest absolute Gasteiger partial charge is 0.257 e. The van der Waals surface area contributed by atoms with Crippen molar-refractivity contribution in [2.75, 3.05) is 36.4 Å².